The number of ether oxygens (including phenoxy) is 2. The fourth-order valence-electron chi connectivity index (χ4n) is 6.91. The number of fused-ring (bicyclic) bond motifs is 3. The van der Waals surface area contributed by atoms with E-state index in [0.29, 0.717) is 29.5 Å². The Hall–Kier alpha value is -0.670. The fourth-order valence-corrected chi connectivity index (χ4v) is 6.91. The molecule has 6 atom stereocenters. The molecule has 4 aliphatic rings. The van der Waals surface area contributed by atoms with Gasteiger partial charge in [-0.15, -0.1) is 0 Å². The summed E-state index contributed by atoms with van der Waals surface area (Å²) in [6, 6.07) is 0. The van der Waals surface area contributed by atoms with Gasteiger partial charge in [-0.25, -0.2) is 0 Å². The molecule has 1 heterocycles. The van der Waals surface area contributed by atoms with Crippen molar-refractivity contribution in [3.8, 4) is 0 Å². The van der Waals surface area contributed by atoms with Gasteiger partial charge in [-0.1, -0.05) is 32.4 Å². The molecule has 1 aliphatic heterocycles. The van der Waals surface area contributed by atoms with Crippen LogP contribution in [0.1, 0.15) is 66.2 Å². The molecule has 0 radical (unpaired) electrons. The highest BCUT2D eigenvalue weighted by Gasteiger charge is 2.62. The Kier molecular flexibility index (Phi) is 4.20. The van der Waals surface area contributed by atoms with Gasteiger partial charge >= 0.3 is 0 Å². The molecule has 3 aliphatic carbocycles. The van der Waals surface area contributed by atoms with Crippen molar-refractivity contribution in [2.45, 2.75) is 72.0 Å². The maximum Gasteiger partial charge on any atom is 0.165 e. The third-order valence-corrected chi connectivity index (χ3v) is 8.49. The lowest BCUT2D eigenvalue weighted by molar-refractivity contribution is -0.170. The van der Waals surface area contributed by atoms with Crippen molar-refractivity contribution >= 4 is 5.78 Å². The normalized spacial score (nSPS) is 48.4. The highest BCUT2D eigenvalue weighted by Crippen LogP contribution is 2.65. The van der Waals surface area contributed by atoms with Crippen molar-refractivity contribution < 1.29 is 14.3 Å². The molecule has 0 amide bonds. The Bertz CT molecular complexity index is 576. The number of hydrogen-bond acceptors (Lipinski definition) is 3. The highest BCUT2D eigenvalue weighted by atomic mass is 16.7. The van der Waals surface area contributed by atoms with E-state index in [4.69, 9.17) is 9.47 Å². The summed E-state index contributed by atoms with van der Waals surface area (Å²) in [5.41, 5.74) is 0.0175. The summed E-state index contributed by atoms with van der Waals surface area (Å²) in [4.78, 5) is 12.9. The zero-order valence-corrected chi connectivity index (χ0v) is 16.3. The Balaban J connectivity index is 1.62. The molecular weight excluding hydrogens is 312 g/mol. The first-order chi connectivity index (χ1) is 11.8. The van der Waals surface area contributed by atoms with Gasteiger partial charge in [-0.2, -0.15) is 0 Å². The number of rotatable bonds is 3. The zero-order valence-electron chi connectivity index (χ0n) is 16.3. The standard InChI is InChI=1S/C22H34O3/c1-15-7-8-16-14-19(23)20(2)10-5-6-18(20)22(16,4)17(15)9-11-21(3)24-12-13-25-21/h5,10,15-18H,6-9,11-14H2,1-4H3/t15-,16+,17+,18+,20-,22+/m0/s1. The van der Waals surface area contributed by atoms with Crippen molar-refractivity contribution in [1.82, 2.24) is 0 Å². The molecule has 0 unspecified atom stereocenters. The van der Waals surface area contributed by atoms with Crippen LogP contribution in [0.5, 0.6) is 0 Å². The third-order valence-electron chi connectivity index (χ3n) is 8.49. The van der Waals surface area contributed by atoms with E-state index in [2.05, 4.69) is 39.8 Å². The molecule has 1 saturated heterocycles. The molecule has 3 fully saturated rings. The third kappa shape index (κ3) is 2.56. The smallest absolute Gasteiger partial charge is 0.165 e. The molecule has 0 aromatic heterocycles. The minimum atomic E-state index is -0.398. The molecule has 4 rings (SSSR count). The van der Waals surface area contributed by atoms with Crippen LogP contribution in [0, 0.1) is 34.5 Å². The molecule has 0 aromatic carbocycles. The van der Waals surface area contributed by atoms with Gasteiger partial charge in [0.15, 0.2) is 5.79 Å². The molecule has 0 spiro atoms. The van der Waals surface area contributed by atoms with Crippen LogP contribution in [0.2, 0.25) is 0 Å². The van der Waals surface area contributed by atoms with E-state index in [1.165, 1.54) is 12.8 Å². The topological polar surface area (TPSA) is 35.5 Å². The number of hydrogen-bond donors (Lipinski definition) is 0. The van der Waals surface area contributed by atoms with Crippen molar-refractivity contribution in [3.63, 3.8) is 0 Å². The van der Waals surface area contributed by atoms with Crippen LogP contribution >= 0.6 is 0 Å². The van der Waals surface area contributed by atoms with E-state index < -0.39 is 5.79 Å². The number of carbonyl (C=O) groups is 1. The quantitative estimate of drug-likeness (QED) is 0.692. The van der Waals surface area contributed by atoms with Crippen molar-refractivity contribution in [2.24, 2.45) is 34.5 Å². The van der Waals surface area contributed by atoms with E-state index in [-0.39, 0.29) is 10.8 Å². The van der Waals surface area contributed by atoms with Crippen LogP contribution in [0.4, 0.5) is 0 Å². The zero-order chi connectivity index (χ0) is 17.9. The predicted molar refractivity (Wildman–Crippen MR) is 98.0 cm³/mol. The first-order valence-corrected chi connectivity index (χ1v) is 10.3. The van der Waals surface area contributed by atoms with Crippen LogP contribution in [-0.4, -0.2) is 24.8 Å². The van der Waals surface area contributed by atoms with E-state index in [9.17, 15) is 4.79 Å². The summed E-state index contributed by atoms with van der Waals surface area (Å²) in [7, 11) is 0. The van der Waals surface area contributed by atoms with Gasteiger partial charge in [-0.3, -0.25) is 4.79 Å². The maximum atomic E-state index is 12.9. The number of carbonyl (C=O) groups excluding carboxylic acids is 1. The second kappa shape index (κ2) is 5.92. The van der Waals surface area contributed by atoms with Gasteiger partial charge in [0.1, 0.15) is 5.78 Å². The van der Waals surface area contributed by atoms with Crippen LogP contribution < -0.4 is 0 Å². The Morgan fingerprint density at radius 3 is 2.60 bits per heavy atom. The summed E-state index contributed by atoms with van der Waals surface area (Å²) in [5, 5.41) is 0. The molecule has 2 saturated carbocycles. The number of allylic oxidation sites excluding steroid dienone is 2. The van der Waals surface area contributed by atoms with Gasteiger partial charge in [0, 0.05) is 18.3 Å². The summed E-state index contributed by atoms with van der Waals surface area (Å²) >= 11 is 0. The lowest BCUT2D eigenvalue weighted by atomic mass is 9.43. The molecular formula is C22H34O3. The minimum absolute atomic E-state index is 0.231. The Morgan fingerprint density at radius 2 is 1.88 bits per heavy atom. The van der Waals surface area contributed by atoms with Crippen molar-refractivity contribution in [1.29, 1.82) is 0 Å². The first-order valence-electron chi connectivity index (χ1n) is 10.3. The van der Waals surface area contributed by atoms with Crippen LogP contribution in [0.15, 0.2) is 12.2 Å². The summed E-state index contributed by atoms with van der Waals surface area (Å²) < 4.78 is 11.7. The van der Waals surface area contributed by atoms with Gasteiger partial charge in [0.2, 0.25) is 0 Å². The van der Waals surface area contributed by atoms with Gasteiger partial charge in [-0.05, 0) is 62.2 Å². The fraction of sp³-hybridized carbons (Fsp3) is 0.864. The predicted octanol–water partition coefficient (Wildman–Crippen LogP) is 4.75. The van der Waals surface area contributed by atoms with Crippen molar-refractivity contribution in [3.05, 3.63) is 12.2 Å². The molecule has 0 bridgehead atoms. The lowest BCUT2D eigenvalue weighted by Gasteiger charge is -2.60. The van der Waals surface area contributed by atoms with E-state index in [1.807, 2.05) is 0 Å². The molecule has 0 aromatic rings. The molecule has 3 heteroatoms. The Labute approximate surface area is 152 Å². The van der Waals surface area contributed by atoms with Crippen LogP contribution in [0.3, 0.4) is 0 Å². The van der Waals surface area contributed by atoms with Crippen LogP contribution in [0.25, 0.3) is 0 Å². The van der Waals surface area contributed by atoms with Crippen LogP contribution in [-0.2, 0) is 14.3 Å². The Morgan fingerprint density at radius 1 is 1.16 bits per heavy atom. The monoisotopic (exact) mass is 346 g/mol. The van der Waals surface area contributed by atoms with Crippen molar-refractivity contribution in [2.75, 3.05) is 13.2 Å². The average molecular weight is 347 g/mol. The van der Waals surface area contributed by atoms with E-state index >= 15 is 0 Å². The molecule has 3 nitrogen and oxygen atoms in total. The summed E-state index contributed by atoms with van der Waals surface area (Å²) in [6.45, 7) is 10.7. The second-order valence-electron chi connectivity index (χ2n) is 9.69. The molecule has 0 N–H and O–H groups in total. The number of Topliss-reactive ketones (excluding diaryl/α,β-unsaturated/α-hetero) is 1. The van der Waals surface area contributed by atoms with Gasteiger partial charge in [0.05, 0.1) is 13.2 Å². The van der Waals surface area contributed by atoms with E-state index in [0.717, 1.165) is 38.9 Å². The average Bonchev–Trinajstić information content (AvgIpc) is 3.17. The summed E-state index contributed by atoms with van der Waals surface area (Å²) in [5.74, 6) is 2.47. The maximum absolute atomic E-state index is 12.9. The second-order valence-corrected chi connectivity index (χ2v) is 9.69. The van der Waals surface area contributed by atoms with Gasteiger partial charge < -0.3 is 9.47 Å². The molecule has 25 heavy (non-hydrogen) atoms. The molecule has 140 valence electrons. The SMILES string of the molecule is C[C@H]1CC[C@@H]2CC(=O)[C@@]3(C)C=CC[C@H]3[C@@]2(C)[C@@H]1CCC1(C)OCCO1. The first kappa shape index (κ1) is 17.7. The van der Waals surface area contributed by atoms with E-state index in [1.54, 1.807) is 0 Å². The summed E-state index contributed by atoms with van der Waals surface area (Å²) in [6.07, 6.45) is 10.9. The lowest BCUT2D eigenvalue weighted by Crippen LogP contribution is -2.57. The highest BCUT2D eigenvalue weighted by molar-refractivity contribution is 5.88. The largest absolute Gasteiger partial charge is 0.348 e. The minimum Gasteiger partial charge on any atom is -0.348 e. The number of ketones is 1. The van der Waals surface area contributed by atoms with Gasteiger partial charge in [0.25, 0.3) is 0 Å².